The molecule has 0 aromatic heterocycles. The molecule has 0 bridgehead atoms. The average molecular weight is 240 g/mol. The summed E-state index contributed by atoms with van der Waals surface area (Å²) < 4.78 is 0. The summed E-state index contributed by atoms with van der Waals surface area (Å²) in [6, 6.07) is 0.392. The van der Waals surface area contributed by atoms with Gasteiger partial charge in [0.25, 0.3) is 0 Å². The summed E-state index contributed by atoms with van der Waals surface area (Å²) in [7, 11) is 0. The van der Waals surface area contributed by atoms with Gasteiger partial charge in [-0.1, -0.05) is 20.3 Å². The Kier molecular flexibility index (Phi) is 5.44. The van der Waals surface area contributed by atoms with Crippen LogP contribution in [0.2, 0.25) is 0 Å². The van der Waals surface area contributed by atoms with E-state index < -0.39 is 5.54 Å². The second-order valence-electron chi connectivity index (χ2n) is 5.75. The molecule has 0 heterocycles. The molecule has 17 heavy (non-hydrogen) atoms. The predicted octanol–water partition coefficient (Wildman–Crippen LogP) is 2.46. The number of likely N-dealkylation sites (N-methyl/N-ethyl adjacent to an activating group) is 1. The van der Waals surface area contributed by atoms with Gasteiger partial charge < -0.3 is 10.6 Å². The number of hydrogen-bond donors (Lipinski definition) is 2. The van der Waals surface area contributed by atoms with Gasteiger partial charge in [0.15, 0.2) is 0 Å². The molecule has 1 saturated carbocycles. The third kappa shape index (κ3) is 4.30. The van der Waals surface area contributed by atoms with E-state index in [9.17, 15) is 4.79 Å². The monoisotopic (exact) mass is 240 g/mol. The molecule has 0 unspecified atom stereocenters. The molecule has 0 radical (unpaired) electrons. The predicted molar refractivity (Wildman–Crippen MR) is 71.9 cm³/mol. The van der Waals surface area contributed by atoms with E-state index in [1.807, 2.05) is 20.8 Å². The van der Waals surface area contributed by atoms with Crippen molar-refractivity contribution in [3.63, 3.8) is 0 Å². The van der Waals surface area contributed by atoms with Gasteiger partial charge in [-0.15, -0.1) is 0 Å². The van der Waals surface area contributed by atoms with Crippen LogP contribution < -0.4 is 10.6 Å². The van der Waals surface area contributed by atoms with Crippen LogP contribution in [-0.4, -0.2) is 24.0 Å². The maximum absolute atomic E-state index is 12.1. The van der Waals surface area contributed by atoms with Gasteiger partial charge in [-0.05, 0) is 52.0 Å². The molecule has 0 spiro atoms. The van der Waals surface area contributed by atoms with Gasteiger partial charge in [-0.3, -0.25) is 4.79 Å². The highest BCUT2D eigenvalue weighted by molar-refractivity contribution is 5.85. The Morgan fingerprint density at radius 3 is 2.24 bits per heavy atom. The van der Waals surface area contributed by atoms with E-state index in [1.165, 1.54) is 19.3 Å². The molecule has 0 aromatic rings. The van der Waals surface area contributed by atoms with Crippen molar-refractivity contribution in [2.75, 3.05) is 6.54 Å². The fourth-order valence-electron chi connectivity index (χ4n) is 2.60. The lowest BCUT2D eigenvalue weighted by molar-refractivity contribution is -0.127. The standard InChI is InChI=1S/C14H28N2O/c1-5-11-7-9-12(10-8-11)16-13(17)14(3,4)15-6-2/h11-12,15H,5-10H2,1-4H3,(H,16,17). The molecular formula is C14H28N2O. The van der Waals surface area contributed by atoms with Gasteiger partial charge in [0, 0.05) is 6.04 Å². The summed E-state index contributed by atoms with van der Waals surface area (Å²) in [6.07, 6.45) is 6.11. The van der Waals surface area contributed by atoms with Crippen LogP contribution in [0.4, 0.5) is 0 Å². The maximum Gasteiger partial charge on any atom is 0.239 e. The first kappa shape index (κ1) is 14.5. The molecule has 1 aliphatic rings. The number of carbonyl (C=O) groups is 1. The maximum atomic E-state index is 12.1. The van der Waals surface area contributed by atoms with Gasteiger partial charge in [0.1, 0.15) is 0 Å². The first-order valence-electron chi connectivity index (χ1n) is 7.05. The van der Waals surface area contributed by atoms with Crippen molar-refractivity contribution in [1.82, 2.24) is 10.6 Å². The van der Waals surface area contributed by atoms with Gasteiger partial charge in [-0.2, -0.15) is 0 Å². The Morgan fingerprint density at radius 1 is 1.18 bits per heavy atom. The highest BCUT2D eigenvalue weighted by Crippen LogP contribution is 2.26. The van der Waals surface area contributed by atoms with Crippen LogP contribution in [0.25, 0.3) is 0 Å². The van der Waals surface area contributed by atoms with E-state index in [-0.39, 0.29) is 5.91 Å². The Hall–Kier alpha value is -0.570. The molecule has 1 rings (SSSR count). The fourth-order valence-corrected chi connectivity index (χ4v) is 2.60. The molecule has 3 nitrogen and oxygen atoms in total. The highest BCUT2D eigenvalue weighted by atomic mass is 16.2. The fraction of sp³-hybridized carbons (Fsp3) is 0.929. The van der Waals surface area contributed by atoms with Gasteiger partial charge in [0.05, 0.1) is 5.54 Å². The zero-order valence-electron chi connectivity index (χ0n) is 11.8. The summed E-state index contributed by atoms with van der Waals surface area (Å²) in [5.74, 6) is 1.02. The molecule has 2 N–H and O–H groups in total. The van der Waals surface area contributed by atoms with Crippen LogP contribution in [-0.2, 0) is 4.79 Å². The molecule has 1 amide bonds. The first-order chi connectivity index (χ1) is 7.99. The zero-order valence-corrected chi connectivity index (χ0v) is 11.8. The van der Waals surface area contributed by atoms with Crippen molar-refractivity contribution in [2.45, 2.75) is 71.4 Å². The van der Waals surface area contributed by atoms with Crippen LogP contribution >= 0.6 is 0 Å². The minimum Gasteiger partial charge on any atom is -0.352 e. The SMILES string of the molecule is CCNC(C)(C)C(=O)NC1CCC(CC)CC1. The smallest absolute Gasteiger partial charge is 0.239 e. The van der Waals surface area contributed by atoms with Crippen molar-refractivity contribution in [3.8, 4) is 0 Å². The summed E-state index contributed by atoms with van der Waals surface area (Å²) in [5.41, 5.74) is -0.448. The number of hydrogen-bond acceptors (Lipinski definition) is 2. The third-order valence-corrected chi connectivity index (χ3v) is 3.95. The summed E-state index contributed by atoms with van der Waals surface area (Å²) in [4.78, 5) is 12.1. The van der Waals surface area contributed by atoms with Crippen LogP contribution in [0, 0.1) is 5.92 Å². The molecule has 0 saturated heterocycles. The van der Waals surface area contributed by atoms with Crippen molar-refractivity contribution < 1.29 is 4.79 Å². The molecule has 1 fully saturated rings. The Morgan fingerprint density at radius 2 is 1.76 bits per heavy atom. The van der Waals surface area contributed by atoms with Gasteiger partial charge in [0.2, 0.25) is 5.91 Å². The summed E-state index contributed by atoms with van der Waals surface area (Å²) in [5, 5.41) is 6.41. The largest absolute Gasteiger partial charge is 0.352 e. The van der Waals surface area contributed by atoms with E-state index in [2.05, 4.69) is 17.6 Å². The lowest BCUT2D eigenvalue weighted by Crippen LogP contribution is -2.55. The van der Waals surface area contributed by atoms with Crippen molar-refractivity contribution in [1.29, 1.82) is 0 Å². The Labute approximate surface area is 106 Å². The van der Waals surface area contributed by atoms with E-state index in [4.69, 9.17) is 0 Å². The molecule has 3 heteroatoms. The second-order valence-corrected chi connectivity index (χ2v) is 5.75. The lowest BCUT2D eigenvalue weighted by atomic mass is 9.84. The van der Waals surface area contributed by atoms with Crippen molar-refractivity contribution >= 4 is 5.91 Å². The van der Waals surface area contributed by atoms with Crippen LogP contribution in [0.15, 0.2) is 0 Å². The zero-order chi connectivity index (χ0) is 12.9. The molecular weight excluding hydrogens is 212 g/mol. The third-order valence-electron chi connectivity index (χ3n) is 3.95. The topological polar surface area (TPSA) is 41.1 Å². The van der Waals surface area contributed by atoms with Crippen molar-refractivity contribution in [3.05, 3.63) is 0 Å². The van der Waals surface area contributed by atoms with Gasteiger partial charge in [-0.25, -0.2) is 0 Å². The van der Waals surface area contributed by atoms with Crippen LogP contribution in [0.1, 0.15) is 59.8 Å². The Balaban J connectivity index is 2.37. The molecule has 1 aliphatic carbocycles. The minimum absolute atomic E-state index is 0.138. The van der Waals surface area contributed by atoms with Crippen LogP contribution in [0.5, 0.6) is 0 Å². The average Bonchev–Trinajstić information content (AvgIpc) is 2.30. The van der Waals surface area contributed by atoms with E-state index in [0.29, 0.717) is 6.04 Å². The molecule has 0 aromatic carbocycles. The van der Waals surface area contributed by atoms with E-state index in [0.717, 1.165) is 25.3 Å². The van der Waals surface area contributed by atoms with E-state index >= 15 is 0 Å². The Bertz CT molecular complexity index is 243. The van der Waals surface area contributed by atoms with E-state index in [1.54, 1.807) is 0 Å². The number of rotatable bonds is 5. The quantitative estimate of drug-likeness (QED) is 0.775. The minimum atomic E-state index is -0.448. The number of carbonyl (C=O) groups excluding carboxylic acids is 1. The molecule has 100 valence electrons. The second kappa shape index (κ2) is 6.39. The number of amides is 1. The molecule has 0 aliphatic heterocycles. The summed E-state index contributed by atoms with van der Waals surface area (Å²) >= 11 is 0. The lowest BCUT2D eigenvalue weighted by Gasteiger charge is -2.32. The highest BCUT2D eigenvalue weighted by Gasteiger charge is 2.29. The van der Waals surface area contributed by atoms with Crippen molar-refractivity contribution in [2.24, 2.45) is 5.92 Å². The normalized spacial score (nSPS) is 25.6. The van der Waals surface area contributed by atoms with Gasteiger partial charge >= 0.3 is 0 Å². The summed E-state index contributed by atoms with van der Waals surface area (Å²) in [6.45, 7) is 9.01. The number of nitrogens with one attached hydrogen (secondary N) is 2. The molecule has 0 atom stereocenters. The first-order valence-corrected chi connectivity index (χ1v) is 7.05. The van der Waals surface area contributed by atoms with Crippen LogP contribution in [0.3, 0.4) is 0 Å².